The molecule has 11 heavy (non-hydrogen) atoms. The fraction of sp³-hybridized carbons (Fsp3) is 1.00. The minimum atomic E-state index is 0.628. The van der Waals surface area contributed by atoms with Crippen LogP contribution < -0.4 is 0 Å². The van der Waals surface area contributed by atoms with E-state index in [9.17, 15) is 0 Å². The van der Waals surface area contributed by atoms with Crippen molar-refractivity contribution in [3.63, 3.8) is 0 Å². The number of nitrogens with zero attached hydrogens (tertiary/aromatic N) is 1. The summed E-state index contributed by atoms with van der Waals surface area (Å²) in [5.41, 5.74) is 0. The predicted octanol–water partition coefficient (Wildman–Crippen LogP) is 2.69. The summed E-state index contributed by atoms with van der Waals surface area (Å²) in [6, 6.07) is 0. The van der Waals surface area contributed by atoms with E-state index in [1.165, 1.54) is 38.9 Å². The van der Waals surface area contributed by atoms with Gasteiger partial charge >= 0.3 is 0 Å². The van der Waals surface area contributed by atoms with Gasteiger partial charge in [-0.05, 0) is 38.9 Å². The molecule has 0 radical (unpaired) electrons. The zero-order valence-electron chi connectivity index (χ0n) is 7.57. The molecule has 0 atom stereocenters. The third-order valence-electron chi connectivity index (χ3n) is 2.83. The minimum absolute atomic E-state index is 0.628. The summed E-state index contributed by atoms with van der Waals surface area (Å²) in [7, 11) is 0. The molecule has 0 aliphatic carbocycles. The van der Waals surface area contributed by atoms with Gasteiger partial charge in [0.25, 0.3) is 0 Å². The average Bonchev–Trinajstić information content (AvgIpc) is 2.06. The van der Waals surface area contributed by atoms with Crippen LogP contribution in [0.5, 0.6) is 0 Å². The van der Waals surface area contributed by atoms with Crippen LogP contribution in [-0.4, -0.2) is 28.0 Å². The van der Waals surface area contributed by atoms with Crippen molar-refractivity contribution in [3.05, 3.63) is 0 Å². The van der Waals surface area contributed by atoms with Crippen molar-refractivity contribution in [3.8, 4) is 0 Å². The summed E-state index contributed by atoms with van der Waals surface area (Å²) in [5.74, 6) is 0. The van der Waals surface area contributed by atoms with Crippen molar-refractivity contribution in [2.24, 2.45) is 0 Å². The lowest BCUT2D eigenvalue weighted by Gasteiger charge is -2.36. The van der Waals surface area contributed by atoms with Crippen LogP contribution in [0.15, 0.2) is 0 Å². The smallest absolute Gasteiger partial charge is 0.0244 e. The Hall–Kier alpha value is 0.690. The molecule has 0 amide bonds. The van der Waals surface area contributed by atoms with E-state index in [-0.39, 0.29) is 0 Å². The van der Waals surface area contributed by atoms with Crippen molar-refractivity contribution < 1.29 is 0 Å². The molecule has 0 saturated carbocycles. The van der Waals surface area contributed by atoms with Crippen molar-refractivity contribution in [1.82, 2.24) is 4.90 Å². The zero-order valence-corrected chi connectivity index (χ0v) is 9.73. The third kappa shape index (κ3) is 2.58. The molecule has 1 saturated heterocycles. The van der Waals surface area contributed by atoms with Gasteiger partial charge in [-0.1, -0.05) is 36.4 Å². The van der Waals surface area contributed by atoms with E-state index < -0.39 is 0 Å². The topological polar surface area (TPSA) is 3.24 Å². The van der Waals surface area contributed by atoms with Crippen LogP contribution in [0.1, 0.15) is 33.1 Å². The van der Waals surface area contributed by atoms with Crippen LogP contribution in [0.4, 0.5) is 0 Å². The van der Waals surface area contributed by atoms with E-state index in [0.717, 1.165) is 0 Å². The van der Waals surface area contributed by atoms with Crippen molar-refractivity contribution in [1.29, 1.82) is 0 Å². The first kappa shape index (κ1) is 9.78. The Labute approximate surface area is 83.7 Å². The average molecular weight is 267 g/mol. The van der Waals surface area contributed by atoms with E-state index in [0.29, 0.717) is 3.42 Å². The van der Waals surface area contributed by atoms with Crippen LogP contribution in [0, 0.1) is 0 Å². The highest BCUT2D eigenvalue weighted by molar-refractivity contribution is 14.1. The molecular formula is C9H18IN. The van der Waals surface area contributed by atoms with Gasteiger partial charge < -0.3 is 4.90 Å². The second-order valence-electron chi connectivity index (χ2n) is 3.44. The van der Waals surface area contributed by atoms with E-state index in [2.05, 4.69) is 41.3 Å². The summed E-state index contributed by atoms with van der Waals surface area (Å²) < 4.78 is 0.628. The molecular weight excluding hydrogens is 249 g/mol. The van der Waals surface area contributed by atoms with Crippen LogP contribution in [0.3, 0.4) is 0 Å². The number of halogens is 1. The lowest BCUT2D eigenvalue weighted by Crippen LogP contribution is -2.40. The van der Waals surface area contributed by atoms with Gasteiger partial charge in [-0.2, -0.15) is 0 Å². The third-order valence-corrected chi connectivity index (χ3v) is 4.67. The SMILES string of the molecule is CCN1CCC(I)(CC)CC1. The van der Waals surface area contributed by atoms with Gasteiger partial charge in [0.1, 0.15) is 0 Å². The molecule has 0 aromatic heterocycles. The van der Waals surface area contributed by atoms with Crippen LogP contribution >= 0.6 is 22.6 Å². The largest absolute Gasteiger partial charge is 0.304 e. The number of likely N-dealkylation sites (tertiary alicyclic amines) is 1. The standard InChI is InChI=1S/C9H18IN/c1-3-9(10)5-7-11(4-2)8-6-9/h3-8H2,1-2H3. The first-order valence-corrected chi connectivity index (χ1v) is 5.69. The number of hydrogen-bond donors (Lipinski definition) is 0. The Balaban J connectivity index is 2.35. The monoisotopic (exact) mass is 267 g/mol. The van der Waals surface area contributed by atoms with E-state index in [4.69, 9.17) is 0 Å². The lowest BCUT2D eigenvalue weighted by molar-refractivity contribution is 0.213. The first-order valence-electron chi connectivity index (χ1n) is 4.61. The molecule has 2 heteroatoms. The zero-order chi connectivity index (χ0) is 8.32. The maximum absolute atomic E-state index is 2.65. The Kier molecular flexibility index (Phi) is 3.62. The van der Waals surface area contributed by atoms with Crippen molar-refractivity contribution in [2.75, 3.05) is 19.6 Å². The van der Waals surface area contributed by atoms with Gasteiger partial charge in [0.15, 0.2) is 0 Å². The molecule has 66 valence electrons. The van der Waals surface area contributed by atoms with Gasteiger partial charge in [-0.25, -0.2) is 0 Å². The van der Waals surface area contributed by atoms with Crippen molar-refractivity contribution >= 4 is 22.6 Å². The molecule has 0 bridgehead atoms. The molecule has 0 aromatic rings. The Morgan fingerprint density at radius 2 is 1.82 bits per heavy atom. The number of piperidine rings is 1. The highest BCUT2D eigenvalue weighted by Crippen LogP contribution is 2.34. The summed E-state index contributed by atoms with van der Waals surface area (Å²) in [4.78, 5) is 2.55. The quantitative estimate of drug-likeness (QED) is 0.549. The number of hydrogen-bond acceptors (Lipinski definition) is 1. The predicted molar refractivity (Wildman–Crippen MR) is 58.4 cm³/mol. The minimum Gasteiger partial charge on any atom is -0.304 e. The maximum atomic E-state index is 2.65. The molecule has 1 nitrogen and oxygen atoms in total. The summed E-state index contributed by atoms with van der Waals surface area (Å²) in [6.07, 6.45) is 4.11. The highest BCUT2D eigenvalue weighted by Gasteiger charge is 2.28. The molecule has 0 aromatic carbocycles. The van der Waals surface area contributed by atoms with Crippen LogP contribution in [0.2, 0.25) is 0 Å². The Morgan fingerprint density at radius 3 is 2.18 bits per heavy atom. The summed E-state index contributed by atoms with van der Waals surface area (Å²) >= 11 is 2.65. The molecule has 1 aliphatic rings. The van der Waals surface area contributed by atoms with Gasteiger partial charge in [0.2, 0.25) is 0 Å². The van der Waals surface area contributed by atoms with Gasteiger partial charge in [-0.15, -0.1) is 0 Å². The second-order valence-corrected chi connectivity index (χ2v) is 5.73. The fourth-order valence-electron chi connectivity index (χ4n) is 1.62. The Morgan fingerprint density at radius 1 is 1.27 bits per heavy atom. The van der Waals surface area contributed by atoms with Gasteiger partial charge in [0, 0.05) is 3.42 Å². The molecule has 0 N–H and O–H groups in total. The normalized spacial score (nSPS) is 25.4. The van der Waals surface area contributed by atoms with Gasteiger partial charge in [0.05, 0.1) is 0 Å². The Bertz CT molecular complexity index is 117. The molecule has 1 fully saturated rings. The molecule has 0 unspecified atom stereocenters. The number of rotatable bonds is 2. The van der Waals surface area contributed by atoms with E-state index in [1.54, 1.807) is 0 Å². The summed E-state index contributed by atoms with van der Waals surface area (Å²) in [6.45, 7) is 8.43. The molecule has 1 rings (SSSR count). The van der Waals surface area contributed by atoms with Crippen molar-refractivity contribution in [2.45, 2.75) is 36.5 Å². The number of alkyl halides is 1. The molecule has 0 spiro atoms. The van der Waals surface area contributed by atoms with E-state index >= 15 is 0 Å². The first-order chi connectivity index (χ1) is 5.20. The lowest BCUT2D eigenvalue weighted by atomic mass is 9.94. The second kappa shape index (κ2) is 4.08. The van der Waals surface area contributed by atoms with Crippen LogP contribution in [-0.2, 0) is 0 Å². The van der Waals surface area contributed by atoms with Crippen LogP contribution in [0.25, 0.3) is 0 Å². The molecule has 1 heterocycles. The fourth-order valence-corrected chi connectivity index (χ4v) is 2.11. The summed E-state index contributed by atoms with van der Waals surface area (Å²) in [5, 5.41) is 0. The maximum Gasteiger partial charge on any atom is 0.0244 e. The van der Waals surface area contributed by atoms with Gasteiger partial charge in [-0.3, -0.25) is 0 Å². The highest BCUT2D eigenvalue weighted by atomic mass is 127. The van der Waals surface area contributed by atoms with E-state index in [1.807, 2.05) is 0 Å². The molecule has 1 aliphatic heterocycles.